The van der Waals surface area contributed by atoms with Crippen LogP contribution in [-0.4, -0.2) is 18.1 Å². The molecule has 4 nitrogen and oxygen atoms in total. The predicted octanol–water partition coefficient (Wildman–Crippen LogP) is 1.99. The van der Waals surface area contributed by atoms with Crippen molar-refractivity contribution in [3.8, 4) is 0 Å². The van der Waals surface area contributed by atoms with Crippen LogP contribution in [0.2, 0.25) is 0 Å². The lowest BCUT2D eigenvalue weighted by atomic mass is 9.83. The van der Waals surface area contributed by atoms with Crippen LogP contribution < -0.4 is 16.2 Å². The van der Waals surface area contributed by atoms with Crippen molar-refractivity contribution in [2.24, 2.45) is 11.3 Å². The second-order valence-electron chi connectivity index (χ2n) is 5.18. The molecule has 1 aliphatic heterocycles. The van der Waals surface area contributed by atoms with Gasteiger partial charge in [0.1, 0.15) is 11.6 Å². The van der Waals surface area contributed by atoms with E-state index in [0.29, 0.717) is 5.41 Å². The summed E-state index contributed by atoms with van der Waals surface area (Å²) in [7, 11) is 0. The van der Waals surface area contributed by atoms with Gasteiger partial charge in [-0.2, -0.15) is 0 Å². The number of rotatable bonds is 2. The first-order valence-corrected chi connectivity index (χ1v) is 5.79. The van der Waals surface area contributed by atoms with E-state index in [1.54, 1.807) is 0 Å². The van der Waals surface area contributed by atoms with Gasteiger partial charge in [0.2, 0.25) is 0 Å². The van der Waals surface area contributed by atoms with Gasteiger partial charge in [0, 0.05) is 13.1 Å². The fourth-order valence-electron chi connectivity index (χ4n) is 2.02. The second kappa shape index (κ2) is 4.29. The normalized spacial score (nSPS) is 19.6. The first-order chi connectivity index (χ1) is 7.61. The molecular weight excluding hydrogens is 200 g/mol. The fourth-order valence-corrected chi connectivity index (χ4v) is 2.02. The molecule has 0 spiro atoms. The third-order valence-electron chi connectivity index (χ3n) is 3.32. The highest BCUT2D eigenvalue weighted by atomic mass is 15.3. The SMILES string of the molecule is CC1(C)CCN(c2cccc(NN)n2)CC1. The maximum absolute atomic E-state index is 5.36. The van der Waals surface area contributed by atoms with E-state index in [4.69, 9.17) is 5.84 Å². The summed E-state index contributed by atoms with van der Waals surface area (Å²) in [6.45, 7) is 6.81. The molecule has 88 valence electrons. The summed E-state index contributed by atoms with van der Waals surface area (Å²) in [5.74, 6) is 7.10. The number of pyridine rings is 1. The molecule has 2 rings (SSSR count). The maximum atomic E-state index is 5.36. The Hall–Kier alpha value is -1.29. The monoisotopic (exact) mass is 220 g/mol. The summed E-state index contributed by atoms with van der Waals surface area (Å²) in [5, 5.41) is 0. The highest BCUT2D eigenvalue weighted by molar-refractivity contribution is 5.46. The molecule has 1 aromatic heterocycles. The third-order valence-corrected chi connectivity index (χ3v) is 3.32. The van der Waals surface area contributed by atoms with E-state index in [1.165, 1.54) is 12.8 Å². The molecule has 0 aliphatic carbocycles. The Bertz CT molecular complexity index is 352. The summed E-state index contributed by atoms with van der Waals surface area (Å²) < 4.78 is 0. The molecule has 0 bridgehead atoms. The molecule has 2 heterocycles. The molecule has 16 heavy (non-hydrogen) atoms. The van der Waals surface area contributed by atoms with Gasteiger partial charge < -0.3 is 10.3 Å². The van der Waals surface area contributed by atoms with E-state index in [-0.39, 0.29) is 0 Å². The van der Waals surface area contributed by atoms with Crippen LogP contribution in [0.15, 0.2) is 18.2 Å². The highest BCUT2D eigenvalue weighted by Gasteiger charge is 2.25. The summed E-state index contributed by atoms with van der Waals surface area (Å²) in [4.78, 5) is 6.78. The molecule has 1 aliphatic rings. The lowest BCUT2D eigenvalue weighted by Crippen LogP contribution is -2.37. The molecule has 0 unspecified atom stereocenters. The Balaban J connectivity index is 2.08. The quantitative estimate of drug-likeness (QED) is 0.591. The molecule has 1 aromatic rings. The summed E-state index contributed by atoms with van der Waals surface area (Å²) >= 11 is 0. The van der Waals surface area contributed by atoms with Crippen molar-refractivity contribution >= 4 is 11.6 Å². The zero-order valence-electron chi connectivity index (χ0n) is 10.0. The molecule has 0 aromatic carbocycles. The first-order valence-electron chi connectivity index (χ1n) is 5.79. The average Bonchev–Trinajstić information content (AvgIpc) is 2.29. The predicted molar refractivity (Wildman–Crippen MR) is 67.3 cm³/mol. The van der Waals surface area contributed by atoms with Gasteiger partial charge >= 0.3 is 0 Å². The van der Waals surface area contributed by atoms with Gasteiger partial charge in [0.25, 0.3) is 0 Å². The number of nitrogens with zero attached hydrogens (tertiary/aromatic N) is 2. The van der Waals surface area contributed by atoms with Gasteiger partial charge in [-0.1, -0.05) is 19.9 Å². The number of aromatic nitrogens is 1. The maximum Gasteiger partial charge on any atom is 0.142 e. The van der Waals surface area contributed by atoms with E-state index in [9.17, 15) is 0 Å². The van der Waals surface area contributed by atoms with Crippen LogP contribution >= 0.6 is 0 Å². The minimum absolute atomic E-state index is 0.472. The second-order valence-corrected chi connectivity index (χ2v) is 5.18. The van der Waals surface area contributed by atoms with Crippen molar-refractivity contribution in [2.75, 3.05) is 23.4 Å². The fraction of sp³-hybridized carbons (Fsp3) is 0.583. The molecule has 4 heteroatoms. The van der Waals surface area contributed by atoms with Crippen LogP contribution in [0.1, 0.15) is 26.7 Å². The number of nitrogens with one attached hydrogen (secondary N) is 1. The summed E-state index contributed by atoms with van der Waals surface area (Å²) in [6, 6.07) is 5.90. The lowest BCUT2D eigenvalue weighted by Gasteiger charge is -2.37. The van der Waals surface area contributed by atoms with Crippen LogP contribution in [0.3, 0.4) is 0 Å². The topological polar surface area (TPSA) is 54.2 Å². The number of hydrogen-bond donors (Lipinski definition) is 2. The molecule has 0 atom stereocenters. The molecular formula is C12H20N4. The minimum Gasteiger partial charge on any atom is -0.357 e. The van der Waals surface area contributed by atoms with Gasteiger partial charge in [0.15, 0.2) is 0 Å². The molecule has 0 saturated carbocycles. The van der Waals surface area contributed by atoms with Crippen molar-refractivity contribution in [2.45, 2.75) is 26.7 Å². The van der Waals surface area contributed by atoms with Crippen molar-refractivity contribution in [1.82, 2.24) is 4.98 Å². The van der Waals surface area contributed by atoms with Gasteiger partial charge in [-0.05, 0) is 30.4 Å². The van der Waals surface area contributed by atoms with Gasteiger partial charge in [0.05, 0.1) is 0 Å². The molecule has 0 radical (unpaired) electrons. The summed E-state index contributed by atoms with van der Waals surface area (Å²) in [6.07, 6.45) is 2.43. The van der Waals surface area contributed by atoms with E-state index >= 15 is 0 Å². The molecule has 3 N–H and O–H groups in total. The van der Waals surface area contributed by atoms with E-state index < -0.39 is 0 Å². The van der Waals surface area contributed by atoms with E-state index in [0.717, 1.165) is 24.7 Å². The number of hydrogen-bond acceptors (Lipinski definition) is 4. The van der Waals surface area contributed by atoms with Crippen LogP contribution in [-0.2, 0) is 0 Å². The zero-order chi connectivity index (χ0) is 11.6. The van der Waals surface area contributed by atoms with Crippen molar-refractivity contribution < 1.29 is 0 Å². The smallest absolute Gasteiger partial charge is 0.142 e. The van der Waals surface area contributed by atoms with Crippen LogP contribution in [0.25, 0.3) is 0 Å². The van der Waals surface area contributed by atoms with E-state index in [1.807, 2.05) is 18.2 Å². The average molecular weight is 220 g/mol. The lowest BCUT2D eigenvalue weighted by molar-refractivity contribution is 0.279. The van der Waals surface area contributed by atoms with Crippen molar-refractivity contribution in [1.29, 1.82) is 0 Å². The molecule has 1 fully saturated rings. The van der Waals surface area contributed by atoms with Crippen molar-refractivity contribution in [3.05, 3.63) is 18.2 Å². The Morgan fingerprint density at radius 2 is 2.00 bits per heavy atom. The number of nitrogens with two attached hydrogens (primary N) is 1. The summed E-state index contributed by atoms with van der Waals surface area (Å²) in [5.41, 5.74) is 3.06. The largest absolute Gasteiger partial charge is 0.357 e. The number of piperidine rings is 1. The van der Waals surface area contributed by atoms with E-state index in [2.05, 4.69) is 29.2 Å². The first kappa shape index (κ1) is 11.2. The minimum atomic E-state index is 0.472. The zero-order valence-corrected chi connectivity index (χ0v) is 10.0. The Kier molecular flexibility index (Phi) is 3.01. The number of hydrazine groups is 1. The van der Waals surface area contributed by atoms with Crippen LogP contribution in [0, 0.1) is 5.41 Å². The Morgan fingerprint density at radius 3 is 2.62 bits per heavy atom. The van der Waals surface area contributed by atoms with Crippen molar-refractivity contribution in [3.63, 3.8) is 0 Å². The number of nitrogen functional groups attached to an aromatic ring is 1. The van der Waals surface area contributed by atoms with Gasteiger partial charge in [-0.15, -0.1) is 0 Å². The standard InChI is InChI=1S/C12H20N4/c1-12(2)6-8-16(9-7-12)11-5-3-4-10(14-11)15-13/h3-5H,6-9,13H2,1-2H3,(H,14,15). The Morgan fingerprint density at radius 1 is 1.31 bits per heavy atom. The van der Waals surface area contributed by atoms with Crippen LogP contribution in [0.4, 0.5) is 11.6 Å². The number of anilines is 2. The van der Waals surface area contributed by atoms with Gasteiger partial charge in [-0.3, -0.25) is 0 Å². The Labute approximate surface area is 96.8 Å². The molecule has 0 amide bonds. The van der Waals surface area contributed by atoms with Gasteiger partial charge in [-0.25, -0.2) is 10.8 Å². The highest BCUT2D eigenvalue weighted by Crippen LogP contribution is 2.31. The van der Waals surface area contributed by atoms with Crippen LogP contribution in [0.5, 0.6) is 0 Å². The molecule has 1 saturated heterocycles. The third kappa shape index (κ3) is 2.44.